The van der Waals surface area contributed by atoms with Crippen molar-refractivity contribution in [2.45, 2.75) is 193 Å². The van der Waals surface area contributed by atoms with Crippen LogP contribution in [0.15, 0.2) is 48.6 Å². The molecule has 0 aliphatic heterocycles. The lowest BCUT2D eigenvalue weighted by atomic mass is 10.1. The summed E-state index contributed by atoms with van der Waals surface area (Å²) in [6.07, 6.45) is 48.6. The topological polar surface area (TPSA) is 84.2 Å². The highest BCUT2D eigenvalue weighted by Gasteiger charge is 2.19. The van der Waals surface area contributed by atoms with Crippen LogP contribution in [0.1, 0.15) is 187 Å². The fourth-order valence-electron chi connectivity index (χ4n) is 5.57. The van der Waals surface area contributed by atoms with Crippen LogP contribution in [-0.2, 0) is 9.59 Å². The van der Waals surface area contributed by atoms with Gasteiger partial charge in [0.05, 0.1) is 0 Å². The Kier molecular flexibility index (Phi) is 36.6. The second kappa shape index (κ2) is 38.3. The molecule has 0 saturated carbocycles. The SMILES string of the molecule is CCCCCC=CCC=CCCCCCCCC(=O)NC(CCCCN)C(=O)NCCCCCCCC/C=C\C/C=C\CCCCC. The van der Waals surface area contributed by atoms with Crippen LogP contribution in [0.3, 0.4) is 0 Å². The normalized spacial score (nSPS) is 12.7. The van der Waals surface area contributed by atoms with Gasteiger partial charge in [-0.05, 0) is 103 Å². The molecule has 1 unspecified atom stereocenters. The molecule has 1 atom stereocenters. The van der Waals surface area contributed by atoms with E-state index < -0.39 is 6.04 Å². The Morgan fingerprint density at radius 1 is 0.532 bits per heavy atom. The highest BCUT2D eigenvalue weighted by molar-refractivity contribution is 5.87. The Hall–Kier alpha value is -2.14. The van der Waals surface area contributed by atoms with Crippen LogP contribution in [0.25, 0.3) is 0 Å². The largest absolute Gasteiger partial charge is 0.354 e. The molecule has 0 bridgehead atoms. The molecule has 0 aromatic heterocycles. The first-order chi connectivity index (χ1) is 23.2. The summed E-state index contributed by atoms with van der Waals surface area (Å²) in [5.41, 5.74) is 5.67. The third kappa shape index (κ3) is 35.0. The van der Waals surface area contributed by atoms with Gasteiger partial charge in [-0.15, -0.1) is 0 Å². The van der Waals surface area contributed by atoms with E-state index in [-0.39, 0.29) is 11.8 Å². The van der Waals surface area contributed by atoms with Gasteiger partial charge in [-0.3, -0.25) is 9.59 Å². The third-order valence-corrected chi connectivity index (χ3v) is 8.63. The van der Waals surface area contributed by atoms with Crippen LogP contribution in [0.5, 0.6) is 0 Å². The van der Waals surface area contributed by atoms with E-state index in [1.165, 1.54) is 96.3 Å². The summed E-state index contributed by atoms with van der Waals surface area (Å²) in [6, 6.07) is -0.448. The summed E-state index contributed by atoms with van der Waals surface area (Å²) in [7, 11) is 0. The minimum atomic E-state index is -0.448. The maximum absolute atomic E-state index is 12.9. The van der Waals surface area contributed by atoms with Crippen LogP contribution in [-0.4, -0.2) is 30.9 Å². The predicted molar refractivity (Wildman–Crippen MR) is 207 cm³/mol. The first kappa shape index (κ1) is 44.9. The summed E-state index contributed by atoms with van der Waals surface area (Å²) < 4.78 is 0. The highest BCUT2D eigenvalue weighted by Crippen LogP contribution is 2.10. The molecule has 4 N–H and O–H groups in total. The molecule has 0 aromatic carbocycles. The number of carbonyl (C=O) groups excluding carboxylic acids is 2. The van der Waals surface area contributed by atoms with Gasteiger partial charge < -0.3 is 16.4 Å². The van der Waals surface area contributed by atoms with Crippen molar-refractivity contribution in [2.24, 2.45) is 5.73 Å². The number of hydrogen-bond donors (Lipinski definition) is 3. The minimum absolute atomic E-state index is 0.00250. The van der Waals surface area contributed by atoms with Crippen molar-refractivity contribution < 1.29 is 9.59 Å². The lowest BCUT2D eigenvalue weighted by molar-refractivity contribution is -0.129. The fraction of sp³-hybridized carbons (Fsp3) is 0.762. The lowest BCUT2D eigenvalue weighted by Crippen LogP contribution is -2.47. The number of amides is 2. The van der Waals surface area contributed by atoms with Gasteiger partial charge in [0.15, 0.2) is 0 Å². The van der Waals surface area contributed by atoms with Gasteiger partial charge in [0.2, 0.25) is 11.8 Å². The zero-order chi connectivity index (χ0) is 34.3. The van der Waals surface area contributed by atoms with Gasteiger partial charge in [-0.1, -0.05) is 133 Å². The van der Waals surface area contributed by atoms with E-state index in [1.54, 1.807) is 0 Å². The molecule has 2 amide bonds. The second-order valence-corrected chi connectivity index (χ2v) is 13.3. The summed E-state index contributed by atoms with van der Waals surface area (Å²) >= 11 is 0. The summed E-state index contributed by atoms with van der Waals surface area (Å²) in [4.78, 5) is 25.5. The van der Waals surface area contributed by atoms with Crippen LogP contribution in [0.4, 0.5) is 0 Å². The minimum Gasteiger partial charge on any atom is -0.354 e. The molecule has 0 rings (SSSR count). The van der Waals surface area contributed by atoms with Crippen LogP contribution < -0.4 is 16.4 Å². The van der Waals surface area contributed by atoms with E-state index >= 15 is 0 Å². The number of unbranched alkanes of at least 4 members (excludes halogenated alkanes) is 18. The molecule has 0 spiro atoms. The second-order valence-electron chi connectivity index (χ2n) is 13.3. The van der Waals surface area contributed by atoms with Gasteiger partial charge in [-0.25, -0.2) is 0 Å². The number of allylic oxidation sites excluding steroid dienone is 8. The van der Waals surface area contributed by atoms with Crippen LogP contribution >= 0.6 is 0 Å². The first-order valence-electron chi connectivity index (χ1n) is 20.0. The Morgan fingerprint density at radius 3 is 1.47 bits per heavy atom. The average Bonchev–Trinajstić information content (AvgIpc) is 3.07. The molecule has 0 radical (unpaired) electrons. The predicted octanol–water partition coefficient (Wildman–Crippen LogP) is 11.3. The Bertz CT molecular complexity index is 802. The third-order valence-electron chi connectivity index (χ3n) is 8.63. The van der Waals surface area contributed by atoms with Crippen molar-refractivity contribution in [3.05, 3.63) is 48.6 Å². The van der Waals surface area contributed by atoms with Gasteiger partial charge in [0.25, 0.3) is 0 Å². The van der Waals surface area contributed by atoms with E-state index in [0.29, 0.717) is 25.9 Å². The number of hydrogen-bond acceptors (Lipinski definition) is 3. The van der Waals surface area contributed by atoms with Gasteiger partial charge in [-0.2, -0.15) is 0 Å². The summed E-state index contributed by atoms with van der Waals surface area (Å²) in [5.74, 6) is -0.0460. The van der Waals surface area contributed by atoms with E-state index in [4.69, 9.17) is 5.73 Å². The van der Waals surface area contributed by atoms with Gasteiger partial charge >= 0.3 is 0 Å². The van der Waals surface area contributed by atoms with Crippen molar-refractivity contribution in [1.29, 1.82) is 0 Å². The summed E-state index contributed by atoms with van der Waals surface area (Å²) in [6.45, 7) is 5.79. The molecule has 0 aliphatic carbocycles. The highest BCUT2D eigenvalue weighted by atomic mass is 16.2. The van der Waals surface area contributed by atoms with E-state index in [9.17, 15) is 9.59 Å². The maximum Gasteiger partial charge on any atom is 0.242 e. The molecular weight excluding hydrogens is 578 g/mol. The Balaban J connectivity index is 3.92. The number of carbonyl (C=O) groups is 2. The van der Waals surface area contributed by atoms with Crippen LogP contribution in [0, 0.1) is 0 Å². The monoisotopic (exact) mass is 656 g/mol. The molecular formula is C42H77N3O2. The summed E-state index contributed by atoms with van der Waals surface area (Å²) in [5, 5.41) is 6.09. The Labute approximate surface area is 292 Å². The zero-order valence-electron chi connectivity index (χ0n) is 31.1. The molecule has 0 saturated heterocycles. The molecule has 0 aliphatic rings. The zero-order valence-corrected chi connectivity index (χ0v) is 31.1. The van der Waals surface area contributed by atoms with Crippen LogP contribution in [0.2, 0.25) is 0 Å². The molecule has 5 nitrogen and oxygen atoms in total. The molecule has 0 aromatic rings. The van der Waals surface area contributed by atoms with E-state index in [1.807, 2.05) is 0 Å². The van der Waals surface area contributed by atoms with Crippen molar-refractivity contribution in [2.75, 3.05) is 13.1 Å². The van der Waals surface area contributed by atoms with Crippen molar-refractivity contribution >= 4 is 11.8 Å². The fourth-order valence-corrected chi connectivity index (χ4v) is 5.57. The number of rotatable bonds is 35. The molecule has 272 valence electrons. The van der Waals surface area contributed by atoms with E-state index in [2.05, 4.69) is 73.1 Å². The standard InChI is InChI=1S/C42H77N3O2/c1-3-5-7-9-11-13-15-17-19-21-23-25-27-29-31-35-39-44-42(47)40(36-33-34-38-43)45-41(46)37-32-30-28-26-24-22-20-18-16-14-12-10-8-6-4-2/h11-14,17-20,40H,3-10,15-16,21-39,43H2,1-2H3,(H,44,47)(H,45,46)/b13-11-,14-12?,19-17-,20-18?. The lowest BCUT2D eigenvalue weighted by Gasteiger charge is -2.18. The maximum atomic E-state index is 12.9. The number of nitrogens with one attached hydrogen (secondary N) is 2. The number of nitrogens with two attached hydrogens (primary N) is 1. The van der Waals surface area contributed by atoms with Gasteiger partial charge in [0, 0.05) is 13.0 Å². The molecule has 5 heteroatoms. The first-order valence-corrected chi connectivity index (χ1v) is 20.0. The molecule has 0 heterocycles. The van der Waals surface area contributed by atoms with Crippen molar-refractivity contribution in [1.82, 2.24) is 10.6 Å². The molecule has 0 fully saturated rings. The van der Waals surface area contributed by atoms with Gasteiger partial charge in [0.1, 0.15) is 6.04 Å². The average molecular weight is 656 g/mol. The quantitative estimate of drug-likeness (QED) is 0.0469. The smallest absolute Gasteiger partial charge is 0.242 e. The van der Waals surface area contributed by atoms with Crippen molar-refractivity contribution in [3.8, 4) is 0 Å². The van der Waals surface area contributed by atoms with E-state index in [0.717, 1.165) is 64.2 Å². The van der Waals surface area contributed by atoms with Crippen molar-refractivity contribution in [3.63, 3.8) is 0 Å². The molecule has 47 heavy (non-hydrogen) atoms. The Morgan fingerprint density at radius 2 is 0.979 bits per heavy atom.